The number of aliphatic carboxylic acids is 1. The van der Waals surface area contributed by atoms with E-state index in [-0.39, 0.29) is 19.8 Å². The zero-order valence-corrected chi connectivity index (χ0v) is 23.3. The number of hydrogen-bond donors (Lipinski definition) is 1. The molecule has 0 amide bonds. The number of hydrogen-bond acceptors (Lipinski definition) is 6. The van der Waals surface area contributed by atoms with Crippen molar-refractivity contribution >= 4 is 11.9 Å². The zero-order chi connectivity index (χ0) is 28.4. The van der Waals surface area contributed by atoms with Crippen molar-refractivity contribution < 1.29 is 33.6 Å². The summed E-state index contributed by atoms with van der Waals surface area (Å²) < 4.78 is 21.9. The molecule has 214 valence electrons. The van der Waals surface area contributed by atoms with E-state index in [2.05, 4.69) is 6.92 Å². The van der Waals surface area contributed by atoms with Gasteiger partial charge in [0.25, 0.3) is 0 Å². The van der Waals surface area contributed by atoms with E-state index >= 15 is 0 Å². The highest BCUT2D eigenvalue weighted by Crippen LogP contribution is 2.25. The summed E-state index contributed by atoms with van der Waals surface area (Å²) >= 11 is 0. The van der Waals surface area contributed by atoms with Crippen molar-refractivity contribution in [2.75, 3.05) is 26.4 Å². The number of carbonyl (C=O) groups excluding carboxylic acids is 1. The topological polar surface area (TPSA) is 91.3 Å². The Hall–Kier alpha value is -3.84. The molecule has 3 aromatic rings. The Balaban J connectivity index is 1.37. The molecule has 7 heteroatoms. The molecular formula is C33H40O7. The van der Waals surface area contributed by atoms with Crippen LogP contribution in [0.1, 0.15) is 68.6 Å². The molecule has 0 saturated carbocycles. The van der Waals surface area contributed by atoms with Gasteiger partial charge in [0.1, 0.15) is 30.5 Å². The molecular weight excluding hydrogens is 508 g/mol. The maximum atomic E-state index is 12.6. The van der Waals surface area contributed by atoms with Crippen LogP contribution in [0, 0.1) is 0 Å². The molecule has 1 N–H and O–H groups in total. The number of ether oxygens (including phenoxy) is 4. The van der Waals surface area contributed by atoms with Crippen LogP contribution in [0.5, 0.6) is 17.2 Å². The maximum absolute atomic E-state index is 12.6. The second-order valence-electron chi connectivity index (χ2n) is 9.58. The van der Waals surface area contributed by atoms with Gasteiger partial charge in [0.05, 0.1) is 18.8 Å². The molecule has 0 aliphatic rings. The summed E-state index contributed by atoms with van der Waals surface area (Å²) in [4.78, 5) is 23.0. The average molecular weight is 549 g/mol. The highest BCUT2D eigenvalue weighted by Gasteiger charge is 2.09. The first kappa shape index (κ1) is 30.7. The molecule has 0 aromatic heterocycles. The number of benzene rings is 3. The molecule has 3 rings (SSSR count). The monoisotopic (exact) mass is 548 g/mol. The van der Waals surface area contributed by atoms with Crippen LogP contribution in [0.3, 0.4) is 0 Å². The number of carboxylic acids is 1. The van der Waals surface area contributed by atoms with Crippen molar-refractivity contribution in [3.63, 3.8) is 0 Å². The lowest BCUT2D eigenvalue weighted by atomic mass is 10.1. The average Bonchev–Trinajstić information content (AvgIpc) is 2.97. The molecule has 0 radical (unpaired) electrons. The maximum Gasteiger partial charge on any atom is 0.343 e. The van der Waals surface area contributed by atoms with Crippen molar-refractivity contribution in [2.45, 2.75) is 58.3 Å². The SMILES string of the molecule is CCCCCCCCCCOc1ccc(C(=O)Oc2ccc(-c3ccc(OCCOCC(=O)O)cc3)cc2)cc1. The van der Waals surface area contributed by atoms with Crippen LogP contribution in [0.4, 0.5) is 0 Å². The second kappa shape index (κ2) is 17.7. The summed E-state index contributed by atoms with van der Waals surface area (Å²) in [7, 11) is 0. The van der Waals surface area contributed by atoms with E-state index in [4.69, 9.17) is 24.1 Å². The third-order valence-corrected chi connectivity index (χ3v) is 6.33. The summed E-state index contributed by atoms with van der Waals surface area (Å²) in [5.74, 6) is 0.458. The molecule has 0 heterocycles. The van der Waals surface area contributed by atoms with Crippen LogP contribution in [0.25, 0.3) is 11.1 Å². The summed E-state index contributed by atoms with van der Waals surface area (Å²) in [6.45, 7) is 3.05. The number of carbonyl (C=O) groups is 2. The van der Waals surface area contributed by atoms with Crippen molar-refractivity contribution in [2.24, 2.45) is 0 Å². The fourth-order valence-corrected chi connectivity index (χ4v) is 4.12. The summed E-state index contributed by atoms with van der Waals surface area (Å²) in [6.07, 6.45) is 10.1. The lowest BCUT2D eigenvalue weighted by molar-refractivity contribution is -0.142. The molecule has 0 spiro atoms. The molecule has 40 heavy (non-hydrogen) atoms. The molecule has 0 fully saturated rings. The minimum Gasteiger partial charge on any atom is -0.494 e. The minimum absolute atomic E-state index is 0.200. The van der Waals surface area contributed by atoms with Crippen LogP contribution in [0.15, 0.2) is 72.8 Å². The second-order valence-corrected chi connectivity index (χ2v) is 9.58. The number of rotatable bonds is 19. The normalized spacial score (nSPS) is 10.7. The smallest absolute Gasteiger partial charge is 0.343 e. The van der Waals surface area contributed by atoms with Crippen molar-refractivity contribution in [3.8, 4) is 28.4 Å². The van der Waals surface area contributed by atoms with E-state index in [1.807, 2.05) is 36.4 Å². The third-order valence-electron chi connectivity index (χ3n) is 6.33. The third kappa shape index (κ3) is 11.5. The fourth-order valence-electron chi connectivity index (χ4n) is 4.12. The predicted octanol–water partition coefficient (Wildman–Crippen LogP) is 7.57. The van der Waals surface area contributed by atoms with Gasteiger partial charge in [-0.15, -0.1) is 0 Å². The Morgan fingerprint density at radius 2 is 1.10 bits per heavy atom. The van der Waals surface area contributed by atoms with E-state index < -0.39 is 11.9 Å². The van der Waals surface area contributed by atoms with Crippen LogP contribution < -0.4 is 14.2 Å². The van der Waals surface area contributed by atoms with Gasteiger partial charge < -0.3 is 24.1 Å². The van der Waals surface area contributed by atoms with E-state index in [1.165, 1.54) is 44.9 Å². The quantitative estimate of drug-likeness (QED) is 0.0938. The van der Waals surface area contributed by atoms with Crippen molar-refractivity contribution in [1.29, 1.82) is 0 Å². The molecule has 0 unspecified atom stereocenters. The van der Waals surface area contributed by atoms with Gasteiger partial charge in [-0.1, -0.05) is 76.1 Å². The molecule has 3 aromatic carbocycles. The van der Waals surface area contributed by atoms with Gasteiger partial charge in [-0.25, -0.2) is 9.59 Å². The van der Waals surface area contributed by atoms with E-state index in [0.717, 1.165) is 23.3 Å². The first-order valence-electron chi connectivity index (χ1n) is 14.1. The Labute approximate surface area is 237 Å². The number of carboxylic acid groups (broad SMARTS) is 1. The minimum atomic E-state index is -1.01. The molecule has 0 atom stereocenters. The van der Waals surface area contributed by atoms with Gasteiger partial charge in [0, 0.05) is 0 Å². The molecule has 7 nitrogen and oxygen atoms in total. The van der Waals surface area contributed by atoms with Gasteiger partial charge in [0.15, 0.2) is 0 Å². The largest absolute Gasteiger partial charge is 0.494 e. The Morgan fingerprint density at radius 1 is 0.600 bits per heavy atom. The Bertz CT molecular complexity index is 1140. The standard InChI is InChI=1S/C33H40O7/c1-2-3-4-5-6-7-8-9-22-38-29-18-14-28(15-19-29)33(36)40-31-20-12-27(13-21-31)26-10-16-30(17-11-26)39-24-23-37-25-32(34)35/h10-21H,2-9,22-25H2,1H3,(H,34,35). The number of esters is 1. The van der Waals surface area contributed by atoms with Gasteiger partial charge in [0.2, 0.25) is 0 Å². The van der Waals surface area contributed by atoms with Gasteiger partial charge in [-0.05, 0) is 66.1 Å². The first-order valence-corrected chi connectivity index (χ1v) is 14.1. The Morgan fingerprint density at radius 3 is 1.68 bits per heavy atom. The highest BCUT2D eigenvalue weighted by molar-refractivity contribution is 5.91. The molecule has 0 saturated heterocycles. The summed E-state index contributed by atoms with van der Waals surface area (Å²) in [6, 6.07) is 21.9. The molecule has 0 aliphatic heterocycles. The molecule has 0 bridgehead atoms. The van der Waals surface area contributed by atoms with E-state index in [9.17, 15) is 9.59 Å². The molecule has 0 aliphatic carbocycles. The van der Waals surface area contributed by atoms with Gasteiger partial charge in [-0.2, -0.15) is 0 Å². The van der Waals surface area contributed by atoms with Crippen LogP contribution in [-0.2, 0) is 9.53 Å². The summed E-state index contributed by atoms with van der Waals surface area (Å²) in [5.41, 5.74) is 2.41. The fraction of sp³-hybridized carbons (Fsp3) is 0.394. The van der Waals surface area contributed by atoms with Crippen molar-refractivity contribution in [3.05, 3.63) is 78.4 Å². The van der Waals surface area contributed by atoms with E-state index in [1.54, 1.807) is 36.4 Å². The van der Waals surface area contributed by atoms with Crippen molar-refractivity contribution in [1.82, 2.24) is 0 Å². The zero-order valence-electron chi connectivity index (χ0n) is 23.3. The lowest BCUT2D eigenvalue weighted by Crippen LogP contribution is -2.12. The summed E-state index contributed by atoms with van der Waals surface area (Å²) in [5, 5.41) is 8.56. The predicted molar refractivity (Wildman–Crippen MR) is 155 cm³/mol. The number of unbranched alkanes of at least 4 members (excludes halogenated alkanes) is 7. The van der Waals surface area contributed by atoms with Crippen LogP contribution in [-0.4, -0.2) is 43.5 Å². The Kier molecular flexibility index (Phi) is 13.6. The highest BCUT2D eigenvalue weighted by atomic mass is 16.5. The van der Waals surface area contributed by atoms with Crippen LogP contribution in [0.2, 0.25) is 0 Å². The van der Waals surface area contributed by atoms with Crippen LogP contribution >= 0.6 is 0 Å². The first-order chi connectivity index (χ1) is 19.5. The van der Waals surface area contributed by atoms with E-state index in [0.29, 0.717) is 23.7 Å². The van der Waals surface area contributed by atoms with Gasteiger partial charge >= 0.3 is 11.9 Å². The van der Waals surface area contributed by atoms with Gasteiger partial charge in [-0.3, -0.25) is 0 Å². The lowest BCUT2D eigenvalue weighted by Gasteiger charge is -2.09.